The van der Waals surface area contributed by atoms with Crippen LogP contribution in [-0.4, -0.2) is 0 Å². The Morgan fingerprint density at radius 3 is 0.400 bits per heavy atom. The molecule has 0 aliphatic heterocycles. The minimum atomic E-state index is 0. The summed E-state index contributed by atoms with van der Waals surface area (Å²) >= 11 is 0. The SMILES string of the molecule is S.[Zn].[Zn].[Zn].[Zn]. The third kappa shape index (κ3) is 19.9. The van der Waals surface area contributed by atoms with Crippen LogP contribution in [0.25, 0.3) is 0 Å². The molecule has 0 aromatic carbocycles. The van der Waals surface area contributed by atoms with Crippen molar-refractivity contribution in [3.05, 3.63) is 0 Å². The fraction of sp³-hybridized carbons (Fsp3) is 0. The molecule has 0 heterocycles. The van der Waals surface area contributed by atoms with Gasteiger partial charge in [-0.3, -0.25) is 0 Å². The molecule has 5 heavy (non-hydrogen) atoms. The molecule has 0 spiro atoms. The van der Waals surface area contributed by atoms with E-state index in [2.05, 4.69) is 0 Å². The molecule has 0 aliphatic rings. The first-order valence-corrected chi connectivity index (χ1v) is 0. The van der Waals surface area contributed by atoms with Crippen LogP contribution in [0.15, 0.2) is 0 Å². The van der Waals surface area contributed by atoms with Crippen LogP contribution in [0.5, 0.6) is 0 Å². The molecular weight excluding hydrogens is 294 g/mol. The van der Waals surface area contributed by atoms with Gasteiger partial charge in [0.1, 0.15) is 0 Å². The molecule has 0 saturated heterocycles. The summed E-state index contributed by atoms with van der Waals surface area (Å²) in [6.07, 6.45) is 0. The topological polar surface area (TPSA) is 0 Å². The molecule has 0 radical (unpaired) electrons. The van der Waals surface area contributed by atoms with Crippen molar-refractivity contribution in [2.24, 2.45) is 0 Å². The first-order chi connectivity index (χ1) is 0. The van der Waals surface area contributed by atoms with E-state index < -0.39 is 0 Å². The average Bonchev–Trinajstić information content (AvgIpc) is 0. The molecule has 0 fully saturated rings. The average molecular weight is 296 g/mol. The van der Waals surface area contributed by atoms with E-state index in [-0.39, 0.29) is 91.4 Å². The normalized spacial score (nSPS) is 0. The van der Waals surface area contributed by atoms with Crippen molar-refractivity contribution in [2.45, 2.75) is 0 Å². The molecule has 16 valence electrons. The molecule has 0 aromatic heterocycles. The molecule has 0 aliphatic carbocycles. The third-order valence-corrected chi connectivity index (χ3v) is 0. The Morgan fingerprint density at radius 2 is 0.400 bits per heavy atom. The minimum absolute atomic E-state index is 0. The van der Waals surface area contributed by atoms with E-state index in [1.165, 1.54) is 0 Å². The predicted molar refractivity (Wildman–Crippen MR) is 10.4 cm³/mol. The predicted octanol–water partition coefficient (Wildman–Crippen LogP) is 0.103. The van der Waals surface area contributed by atoms with Gasteiger partial charge in [0.05, 0.1) is 0 Å². The van der Waals surface area contributed by atoms with Gasteiger partial charge >= 0.3 is 0 Å². The molecule has 0 aromatic rings. The summed E-state index contributed by atoms with van der Waals surface area (Å²) in [7, 11) is 0. The van der Waals surface area contributed by atoms with Crippen molar-refractivity contribution in [1.29, 1.82) is 0 Å². The summed E-state index contributed by atoms with van der Waals surface area (Å²) in [5.74, 6) is 0. The minimum Gasteiger partial charge on any atom is -0.197 e. The van der Waals surface area contributed by atoms with Gasteiger partial charge in [0.2, 0.25) is 0 Å². The zero-order valence-electron chi connectivity index (χ0n) is 3.33. The van der Waals surface area contributed by atoms with Gasteiger partial charge in [0, 0.05) is 77.9 Å². The van der Waals surface area contributed by atoms with E-state index in [0.717, 1.165) is 0 Å². The van der Waals surface area contributed by atoms with Crippen molar-refractivity contribution in [3.8, 4) is 0 Å². The van der Waals surface area contributed by atoms with Crippen LogP contribution in [0.2, 0.25) is 0 Å². The first kappa shape index (κ1) is 45.4. The molecule has 5 heteroatoms. The first-order valence-electron chi connectivity index (χ1n) is 0. The summed E-state index contributed by atoms with van der Waals surface area (Å²) in [6.45, 7) is 0. The van der Waals surface area contributed by atoms with E-state index in [1.54, 1.807) is 0 Å². The fourth-order valence-corrected chi connectivity index (χ4v) is 0. The zero-order chi connectivity index (χ0) is 0. The fourth-order valence-electron chi connectivity index (χ4n) is 0. The third-order valence-electron chi connectivity index (χ3n) is 0. The Bertz CT molecular complexity index is 3.61. The summed E-state index contributed by atoms with van der Waals surface area (Å²) in [4.78, 5) is 0. The largest absolute Gasteiger partial charge is 0.197 e. The van der Waals surface area contributed by atoms with Crippen LogP contribution in [0.4, 0.5) is 0 Å². The summed E-state index contributed by atoms with van der Waals surface area (Å²) < 4.78 is 0. The molecule has 0 nitrogen and oxygen atoms in total. The maximum absolute atomic E-state index is 0. The summed E-state index contributed by atoms with van der Waals surface area (Å²) in [5.41, 5.74) is 0. The Labute approximate surface area is 90.1 Å². The van der Waals surface area contributed by atoms with Crippen LogP contribution >= 0.6 is 13.5 Å². The van der Waals surface area contributed by atoms with Gasteiger partial charge in [-0.2, -0.15) is 13.5 Å². The van der Waals surface area contributed by atoms with Crippen LogP contribution in [0.3, 0.4) is 0 Å². The van der Waals surface area contributed by atoms with Crippen LogP contribution in [0, 0.1) is 0 Å². The Balaban J connectivity index is 0. The van der Waals surface area contributed by atoms with Gasteiger partial charge in [-0.05, 0) is 0 Å². The van der Waals surface area contributed by atoms with Crippen molar-refractivity contribution >= 4 is 13.5 Å². The van der Waals surface area contributed by atoms with Crippen molar-refractivity contribution in [2.75, 3.05) is 0 Å². The maximum atomic E-state index is 0. The van der Waals surface area contributed by atoms with Crippen LogP contribution < -0.4 is 0 Å². The molecule has 0 saturated carbocycles. The second-order valence-corrected chi connectivity index (χ2v) is 0. The molecule has 0 amide bonds. The molecule has 0 bridgehead atoms. The van der Waals surface area contributed by atoms with Crippen LogP contribution in [0.1, 0.15) is 0 Å². The van der Waals surface area contributed by atoms with Gasteiger partial charge in [0.25, 0.3) is 0 Å². The van der Waals surface area contributed by atoms with Crippen molar-refractivity contribution < 1.29 is 77.9 Å². The van der Waals surface area contributed by atoms with Crippen LogP contribution in [-0.2, 0) is 77.9 Å². The van der Waals surface area contributed by atoms with Gasteiger partial charge in [-0.1, -0.05) is 0 Å². The van der Waals surface area contributed by atoms with E-state index in [4.69, 9.17) is 0 Å². The number of hydrogen-bond donors (Lipinski definition) is 0. The van der Waals surface area contributed by atoms with E-state index in [1.807, 2.05) is 0 Å². The van der Waals surface area contributed by atoms with Gasteiger partial charge in [0.15, 0.2) is 0 Å². The van der Waals surface area contributed by atoms with Gasteiger partial charge in [-0.15, -0.1) is 0 Å². The Kier molecular flexibility index (Phi) is 263. The van der Waals surface area contributed by atoms with Gasteiger partial charge in [-0.25, -0.2) is 0 Å². The van der Waals surface area contributed by atoms with E-state index >= 15 is 0 Å². The quantitative estimate of drug-likeness (QED) is 0.556. The molecule has 0 rings (SSSR count). The van der Waals surface area contributed by atoms with E-state index in [9.17, 15) is 0 Å². The van der Waals surface area contributed by atoms with E-state index in [0.29, 0.717) is 0 Å². The molecule has 0 unspecified atom stereocenters. The maximum Gasteiger partial charge on any atom is 0 e. The Hall–Kier alpha value is 2.84. The Morgan fingerprint density at radius 1 is 0.400 bits per heavy atom. The monoisotopic (exact) mass is 290 g/mol. The second kappa shape index (κ2) is 28.9. The second-order valence-electron chi connectivity index (χ2n) is 0. The number of rotatable bonds is 0. The van der Waals surface area contributed by atoms with Crippen molar-refractivity contribution in [1.82, 2.24) is 0 Å². The summed E-state index contributed by atoms with van der Waals surface area (Å²) in [5, 5.41) is 0. The standard InChI is InChI=1S/H2S.4Zn/h1H2;;;;. The van der Waals surface area contributed by atoms with Crippen molar-refractivity contribution in [3.63, 3.8) is 0 Å². The molecule has 0 N–H and O–H groups in total. The molecule has 0 atom stereocenters. The summed E-state index contributed by atoms with van der Waals surface area (Å²) in [6, 6.07) is 0. The van der Waals surface area contributed by atoms with Gasteiger partial charge < -0.3 is 0 Å². The number of hydrogen-bond acceptors (Lipinski definition) is 0. The molecular formula is H2SZn4. The zero-order valence-corrected chi connectivity index (χ0v) is 16.2. The smallest absolute Gasteiger partial charge is 0 e.